The molecule has 4 rings (SSSR count). The van der Waals surface area contributed by atoms with E-state index in [1.807, 2.05) is 12.1 Å². The number of nitrogens with two attached hydrogens (primary N) is 1. The van der Waals surface area contributed by atoms with Crippen molar-refractivity contribution in [2.75, 3.05) is 11.5 Å². The van der Waals surface area contributed by atoms with Gasteiger partial charge in [-0.2, -0.15) is 16.7 Å². The van der Waals surface area contributed by atoms with Crippen molar-refractivity contribution in [3.8, 4) is 22.9 Å². The fourth-order valence-electron chi connectivity index (χ4n) is 2.48. The molecule has 3 aromatic rings. The molecule has 0 radical (unpaired) electrons. The number of benzene rings is 2. The van der Waals surface area contributed by atoms with Crippen LogP contribution in [0, 0.1) is 0 Å². The van der Waals surface area contributed by atoms with Crippen molar-refractivity contribution >= 4 is 21.6 Å². The maximum absolute atomic E-state index is 12.3. The zero-order chi connectivity index (χ0) is 18.9. The van der Waals surface area contributed by atoms with Crippen molar-refractivity contribution in [1.82, 2.24) is 10.1 Å². The molecule has 0 amide bonds. The predicted molar refractivity (Wildman–Crippen MR) is 102 cm³/mol. The first-order chi connectivity index (χ1) is 13.0. The van der Waals surface area contributed by atoms with Crippen LogP contribution in [0.1, 0.15) is 5.89 Å². The third-order valence-corrected chi connectivity index (χ3v) is 7.00. The summed E-state index contributed by atoms with van der Waals surface area (Å²) in [6, 6.07) is 13.7. The number of rotatable bonds is 7. The Kier molecular flexibility index (Phi) is 4.90. The van der Waals surface area contributed by atoms with E-state index >= 15 is 0 Å². The maximum atomic E-state index is 12.3. The molecule has 27 heavy (non-hydrogen) atoms. The third kappa shape index (κ3) is 4.32. The van der Waals surface area contributed by atoms with Gasteiger partial charge in [-0.25, -0.2) is 8.42 Å². The van der Waals surface area contributed by atoms with Gasteiger partial charge in [0.05, 0.1) is 17.2 Å². The first kappa shape index (κ1) is 18.0. The van der Waals surface area contributed by atoms with Crippen LogP contribution in [-0.2, 0) is 16.4 Å². The van der Waals surface area contributed by atoms with Crippen LogP contribution in [0.5, 0.6) is 11.5 Å². The first-order valence-corrected chi connectivity index (χ1v) is 11.0. The molecule has 2 aromatic carbocycles. The monoisotopic (exact) mass is 403 g/mol. The number of ether oxygens (including phenoxy) is 1. The number of nitrogens with zero attached hydrogens (tertiary/aromatic N) is 2. The van der Waals surface area contributed by atoms with Crippen molar-refractivity contribution in [2.24, 2.45) is 5.73 Å². The second-order valence-electron chi connectivity index (χ2n) is 6.05. The van der Waals surface area contributed by atoms with E-state index in [-0.39, 0.29) is 17.5 Å². The molecule has 2 N–H and O–H groups in total. The average molecular weight is 403 g/mol. The second kappa shape index (κ2) is 7.34. The van der Waals surface area contributed by atoms with Crippen LogP contribution in [-0.4, -0.2) is 35.3 Å². The van der Waals surface area contributed by atoms with E-state index in [4.69, 9.17) is 15.0 Å². The van der Waals surface area contributed by atoms with Gasteiger partial charge < -0.3 is 15.0 Å². The van der Waals surface area contributed by atoms with E-state index in [0.29, 0.717) is 28.1 Å². The van der Waals surface area contributed by atoms with Crippen molar-refractivity contribution in [3.63, 3.8) is 0 Å². The van der Waals surface area contributed by atoms with E-state index in [1.165, 1.54) is 0 Å². The Bertz CT molecular complexity index is 1030. The first-order valence-electron chi connectivity index (χ1n) is 8.29. The van der Waals surface area contributed by atoms with Crippen LogP contribution >= 0.6 is 11.8 Å². The summed E-state index contributed by atoms with van der Waals surface area (Å²) in [5.74, 6) is 3.14. The minimum absolute atomic E-state index is 0.194. The fourth-order valence-corrected chi connectivity index (χ4v) is 5.16. The maximum Gasteiger partial charge on any atom is 0.240 e. The van der Waals surface area contributed by atoms with E-state index in [2.05, 4.69) is 10.1 Å². The van der Waals surface area contributed by atoms with Crippen molar-refractivity contribution in [3.05, 3.63) is 54.4 Å². The van der Waals surface area contributed by atoms with E-state index in [0.717, 1.165) is 11.3 Å². The van der Waals surface area contributed by atoms with E-state index < -0.39 is 9.84 Å². The van der Waals surface area contributed by atoms with Gasteiger partial charge in [-0.3, -0.25) is 0 Å². The number of aromatic nitrogens is 2. The Balaban J connectivity index is 1.44. The summed E-state index contributed by atoms with van der Waals surface area (Å²) in [5, 5.41) is 4.10. The minimum atomic E-state index is -3.23. The smallest absolute Gasteiger partial charge is 0.240 e. The molecule has 2 heterocycles. The lowest BCUT2D eigenvalue weighted by Gasteiger charge is -2.08. The summed E-state index contributed by atoms with van der Waals surface area (Å²) in [6.07, 6.45) is 0. The molecule has 1 aliphatic heterocycles. The molecule has 1 saturated heterocycles. The molecule has 0 aliphatic carbocycles. The molecule has 0 spiro atoms. The van der Waals surface area contributed by atoms with E-state index in [9.17, 15) is 8.42 Å². The second-order valence-corrected chi connectivity index (χ2v) is 9.42. The van der Waals surface area contributed by atoms with Gasteiger partial charge in [0, 0.05) is 16.6 Å². The van der Waals surface area contributed by atoms with Gasteiger partial charge in [0.2, 0.25) is 11.7 Å². The van der Waals surface area contributed by atoms with Crippen LogP contribution in [0.3, 0.4) is 0 Å². The Labute approximate surface area is 160 Å². The molecule has 140 valence electrons. The van der Waals surface area contributed by atoms with Gasteiger partial charge in [-0.05, 0) is 48.5 Å². The summed E-state index contributed by atoms with van der Waals surface area (Å²) in [5.41, 5.74) is 6.24. The number of hydrogen-bond acceptors (Lipinski definition) is 8. The molecule has 0 bridgehead atoms. The van der Waals surface area contributed by atoms with Gasteiger partial charge in [-0.1, -0.05) is 5.16 Å². The van der Waals surface area contributed by atoms with Crippen LogP contribution in [0.25, 0.3) is 11.4 Å². The third-order valence-electron chi connectivity index (χ3n) is 3.98. The zero-order valence-corrected chi connectivity index (χ0v) is 15.9. The molecular formula is C18H17N3O4S2. The Morgan fingerprint density at radius 2 is 1.74 bits per heavy atom. The molecule has 1 aliphatic rings. The lowest BCUT2D eigenvalue weighted by atomic mass is 10.2. The average Bonchev–Trinajstić information content (AvgIpc) is 3.34. The van der Waals surface area contributed by atoms with Crippen LogP contribution in [0.2, 0.25) is 0 Å². The van der Waals surface area contributed by atoms with Gasteiger partial charge in [0.25, 0.3) is 0 Å². The molecular weight excluding hydrogens is 386 g/mol. The van der Waals surface area contributed by atoms with Crippen LogP contribution in [0.4, 0.5) is 0 Å². The summed E-state index contributed by atoms with van der Waals surface area (Å²) in [6.45, 7) is 0.194. The van der Waals surface area contributed by atoms with Crippen LogP contribution < -0.4 is 10.5 Å². The largest absolute Gasteiger partial charge is 0.457 e. The standard InChI is InChI=1S/C18H17N3O4S2/c19-9-17-20-18(21-25-17)12-1-3-13(4-2-12)24-14-5-7-16(8-6-14)27(22,23)11-15-10-26-15/h1-8,15H,9-11,19H2. The minimum Gasteiger partial charge on any atom is -0.457 e. The fraction of sp³-hybridized carbons (Fsp3) is 0.222. The lowest BCUT2D eigenvalue weighted by Crippen LogP contribution is -2.10. The highest BCUT2D eigenvalue weighted by Crippen LogP contribution is 2.33. The summed E-state index contributed by atoms with van der Waals surface area (Å²) in [4.78, 5) is 4.49. The highest BCUT2D eigenvalue weighted by molar-refractivity contribution is 8.08. The summed E-state index contributed by atoms with van der Waals surface area (Å²) in [7, 11) is -3.23. The number of thioether (sulfide) groups is 1. The van der Waals surface area contributed by atoms with Gasteiger partial charge >= 0.3 is 0 Å². The van der Waals surface area contributed by atoms with Crippen molar-refractivity contribution < 1.29 is 17.7 Å². The summed E-state index contributed by atoms with van der Waals surface area (Å²) < 4.78 is 35.3. The van der Waals surface area contributed by atoms with Crippen molar-refractivity contribution in [2.45, 2.75) is 16.7 Å². The molecule has 1 fully saturated rings. The molecule has 1 aromatic heterocycles. The quantitative estimate of drug-likeness (QED) is 0.600. The van der Waals surface area contributed by atoms with E-state index in [1.54, 1.807) is 48.2 Å². The SMILES string of the molecule is NCc1nc(-c2ccc(Oc3ccc(S(=O)(=O)CC4CS4)cc3)cc2)no1. The Morgan fingerprint density at radius 1 is 1.11 bits per heavy atom. The molecule has 7 nitrogen and oxygen atoms in total. The lowest BCUT2D eigenvalue weighted by molar-refractivity contribution is 0.380. The van der Waals surface area contributed by atoms with Gasteiger partial charge in [-0.15, -0.1) is 0 Å². The van der Waals surface area contributed by atoms with Crippen LogP contribution in [0.15, 0.2) is 57.9 Å². The Hall–Kier alpha value is -2.36. The molecule has 9 heteroatoms. The molecule has 1 atom stereocenters. The highest BCUT2D eigenvalue weighted by Gasteiger charge is 2.29. The highest BCUT2D eigenvalue weighted by atomic mass is 32.2. The van der Waals surface area contributed by atoms with Crippen molar-refractivity contribution in [1.29, 1.82) is 0 Å². The molecule has 0 saturated carbocycles. The molecule has 1 unspecified atom stereocenters. The number of hydrogen-bond donors (Lipinski definition) is 1. The Morgan fingerprint density at radius 3 is 2.30 bits per heavy atom. The zero-order valence-electron chi connectivity index (χ0n) is 14.2. The summed E-state index contributed by atoms with van der Waals surface area (Å²) >= 11 is 1.67. The number of sulfone groups is 1. The van der Waals surface area contributed by atoms with Gasteiger partial charge in [0.15, 0.2) is 9.84 Å². The topological polar surface area (TPSA) is 108 Å². The normalized spacial score (nSPS) is 16.3. The van der Waals surface area contributed by atoms with Gasteiger partial charge in [0.1, 0.15) is 11.5 Å². The predicted octanol–water partition coefficient (Wildman–Crippen LogP) is 2.88.